The van der Waals surface area contributed by atoms with Gasteiger partial charge in [0.15, 0.2) is 0 Å². The van der Waals surface area contributed by atoms with Crippen LogP contribution in [-0.4, -0.2) is 11.3 Å². The Labute approximate surface area is 84.3 Å². The molecule has 0 spiro atoms. The maximum absolute atomic E-state index is 12.7. The smallest absolute Gasteiger partial charge is 0.388 e. The molecule has 1 rings (SSSR count). The molecular formula is C10H10F4O. The molecule has 0 fully saturated rings. The maximum atomic E-state index is 12.7. The van der Waals surface area contributed by atoms with Crippen molar-refractivity contribution < 1.29 is 22.7 Å². The van der Waals surface area contributed by atoms with E-state index >= 15 is 0 Å². The number of hydrogen-bond acceptors (Lipinski definition) is 1. The summed E-state index contributed by atoms with van der Waals surface area (Å²) in [5.74, 6) is -0.656. The van der Waals surface area contributed by atoms with Crippen molar-refractivity contribution in [1.82, 2.24) is 0 Å². The lowest BCUT2D eigenvalue weighted by atomic mass is 10.0. The minimum Gasteiger partial charge on any atom is -0.388 e. The van der Waals surface area contributed by atoms with Crippen LogP contribution in [0.1, 0.15) is 23.7 Å². The summed E-state index contributed by atoms with van der Waals surface area (Å²) in [5, 5.41) is 9.27. The van der Waals surface area contributed by atoms with Gasteiger partial charge in [-0.1, -0.05) is 6.07 Å². The van der Waals surface area contributed by atoms with Crippen LogP contribution >= 0.6 is 0 Å². The fourth-order valence-corrected chi connectivity index (χ4v) is 1.30. The zero-order valence-corrected chi connectivity index (χ0v) is 7.98. The molecule has 0 aliphatic carbocycles. The molecule has 1 atom stereocenters. The Bertz CT molecular complexity index is 346. The summed E-state index contributed by atoms with van der Waals surface area (Å²) in [6.07, 6.45) is -7.53. The zero-order chi connectivity index (χ0) is 11.6. The monoisotopic (exact) mass is 222 g/mol. The Morgan fingerprint density at radius 1 is 1.33 bits per heavy atom. The van der Waals surface area contributed by atoms with Gasteiger partial charge in [-0.15, -0.1) is 0 Å². The number of benzene rings is 1. The van der Waals surface area contributed by atoms with E-state index in [1.807, 2.05) is 0 Å². The third-order valence-corrected chi connectivity index (χ3v) is 2.03. The molecule has 84 valence electrons. The quantitative estimate of drug-likeness (QED) is 0.762. The van der Waals surface area contributed by atoms with E-state index in [9.17, 15) is 22.7 Å². The first kappa shape index (κ1) is 12.0. The van der Waals surface area contributed by atoms with Gasteiger partial charge in [0, 0.05) is 0 Å². The molecule has 0 radical (unpaired) electrons. The van der Waals surface area contributed by atoms with Gasteiger partial charge in [0.2, 0.25) is 0 Å². The predicted molar refractivity (Wildman–Crippen MR) is 46.8 cm³/mol. The molecular weight excluding hydrogens is 212 g/mol. The molecule has 1 aromatic carbocycles. The molecule has 0 aliphatic heterocycles. The highest BCUT2D eigenvalue weighted by Crippen LogP contribution is 2.30. The van der Waals surface area contributed by atoms with Gasteiger partial charge in [0.1, 0.15) is 5.82 Å². The molecule has 15 heavy (non-hydrogen) atoms. The van der Waals surface area contributed by atoms with Gasteiger partial charge in [0.25, 0.3) is 0 Å². The lowest BCUT2D eigenvalue weighted by Crippen LogP contribution is -2.14. The number of aliphatic hydroxyl groups is 1. The van der Waals surface area contributed by atoms with E-state index < -0.39 is 24.5 Å². The molecule has 1 N–H and O–H groups in total. The lowest BCUT2D eigenvalue weighted by Gasteiger charge is -2.15. The number of rotatable bonds is 2. The highest BCUT2D eigenvalue weighted by Gasteiger charge is 2.32. The second-order valence-electron chi connectivity index (χ2n) is 3.34. The van der Waals surface area contributed by atoms with Crippen LogP contribution in [0.2, 0.25) is 0 Å². The molecule has 1 nitrogen and oxygen atoms in total. The summed E-state index contributed by atoms with van der Waals surface area (Å²) >= 11 is 0. The van der Waals surface area contributed by atoms with Crippen LogP contribution in [0.15, 0.2) is 18.2 Å². The fraction of sp³-hybridized carbons (Fsp3) is 0.400. The first-order chi connectivity index (χ1) is 6.79. The van der Waals surface area contributed by atoms with Gasteiger partial charge in [-0.2, -0.15) is 13.2 Å². The van der Waals surface area contributed by atoms with Crippen LogP contribution in [0.4, 0.5) is 17.6 Å². The van der Waals surface area contributed by atoms with Crippen molar-refractivity contribution in [2.24, 2.45) is 0 Å². The van der Waals surface area contributed by atoms with Gasteiger partial charge in [0.05, 0.1) is 12.5 Å². The normalized spacial score (nSPS) is 14.0. The third-order valence-electron chi connectivity index (χ3n) is 2.03. The summed E-state index contributed by atoms with van der Waals surface area (Å²) in [7, 11) is 0. The van der Waals surface area contributed by atoms with Crippen LogP contribution in [0, 0.1) is 12.7 Å². The van der Waals surface area contributed by atoms with Crippen molar-refractivity contribution in [3.63, 3.8) is 0 Å². The number of aryl methyl sites for hydroxylation is 1. The topological polar surface area (TPSA) is 20.2 Å². The van der Waals surface area contributed by atoms with E-state index in [-0.39, 0.29) is 5.56 Å². The number of alkyl halides is 3. The Hall–Kier alpha value is -1.10. The Morgan fingerprint density at radius 2 is 1.93 bits per heavy atom. The molecule has 0 aromatic heterocycles. The van der Waals surface area contributed by atoms with Crippen LogP contribution in [0.5, 0.6) is 0 Å². The van der Waals surface area contributed by atoms with Crippen molar-refractivity contribution in [3.05, 3.63) is 35.1 Å². The van der Waals surface area contributed by atoms with E-state index in [0.29, 0.717) is 5.56 Å². The summed E-state index contributed by atoms with van der Waals surface area (Å²) in [6.45, 7) is 1.52. The van der Waals surface area contributed by atoms with Crippen LogP contribution < -0.4 is 0 Å². The van der Waals surface area contributed by atoms with E-state index in [1.165, 1.54) is 13.0 Å². The summed E-state index contributed by atoms with van der Waals surface area (Å²) in [4.78, 5) is 0. The third kappa shape index (κ3) is 3.51. The Kier molecular flexibility index (Phi) is 3.34. The average Bonchev–Trinajstić information content (AvgIpc) is 2.06. The van der Waals surface area contributed by atoms with Crippen molar-refractivity contribution in [2.45, 2.75) is 25.6 Å². The molecule has 1 unspecified atom stereocenters. The zero-order valence-electron chi connectivity index (χ0n) is 7.98. The van der Waals surface area contributed by atoms with Crippen molar-refractivity contribution >= 4 is 0 Å². The molecule has 5 heteroatoms. The standard InChI is InChI=1S/C10H10F4O/c1-6-2-3-7(11)4-8(6)9(15)5-10(12,13)14/h2-4,9,15H,5H2,1H3. The Balaban J connectivity index is 2.90. The van der Waals surface area contributed by atoms with Gasteiger partial charge in [-0.25, -0.2) is 4.39 Å². The average molecular weight is 222 g/mol. The van der Waals surface area contributed by atoms with Gasteiger partial charge in [-0.3, -0.25) is 0 Å². The molecule has 0 saturated heterocycles. The molecule has 0 aliphatic rings. The number of hydrogen-bond donors (Lipinski definition) is 1. The van der Waals surface area contributed by atoms with E-state index in [1.54, 1.807) is 0 Å². The highest BCUT2D eigenvalue weighted by molar-refractivity contribution is 5.28. The Morgan fingerprint density at radius 3 is 2.47 bits per heavy atom. The highest BCUT2D eigenvalue weighted by atomic mass is 19.4. The van der Waals surface area contributed by atoms with Crippen LogP contribution in [-0.2, 0) is 0 Å². The van der Waals surface area contributed by atoms with Gasteiger partial charge >= 0.3 is 6.18 Å². The van der Waals surface area contributed by atoms with Crippen molar-refractivity contribution in [1.29, 1.82) is 0 Å². The first-order valence-electron chi connectivity index (χ1n) is 4.30. The fourth-order valence-electron chi connectivity index (χ4n) is 1.30. The molecule has 0 saturated carbocycles. The second-order valence-corrected chi connectivity index (χ2v) is 3.34. The largest absolute Gasteiger partial charge is 0.391 e. The van der Waals surface area contributed by atoms with Gasteiger partial charge in [-0.05, 0) is 30.2 Å². The second kappa shape index (κ2) is 4.18. The minimum atomic E-state index is -4.46. The SMILES string of the molecule is Cc1ccc(F)cc1C(O)CC(F)(F)F. The summed E-state index contributed by atoms with van der Waals surface area (Å²) in [5.41, 5.74) is 0.417. The molecule has 1 aromatic rings. The number of aliphatic hydroxyl groups excluding tert-OH is 1. The maximum Gasteiger partial charge on any atom is 0.391 e. The van der Waals surface area contributed by atoms with Crippen molar-refractivity contribution in [2.75, 3.05) is 0 Å². The van der Waals surface area contributed by atoms with Gasteiger partial charge < -0.3 is 5.11 Å². The van der Waals surface area contributed by atoms with E-state index in [4.69, 9.17) is 0 Å². The summed E-state index contributed by atoms with van der Waals surface area (Å²) < 4.78 is 48.7. The molecule has 0 heterocycles. The summed E-state index contributed by atoms with van der Waals surface area (Å²) in [6, 6.07) is 3.40. The lowest BCUT2D eigenvalue weighted by molar-refractivity contribution is -0.154. The van der Waals surface area contributed by atoms with E-state index in [0.717, 1.165) is 12.1 Å². The minimum absolute atomic E-state index is 0.0210. The first-order valence-corrected chi connectivity index (χ1v) is 4.30. The van der Waals surface area contributed by atoms with Crippen molar-refractivity contribution in [3.8, 4) is 0 Å². The van der Waals surface area contributed by atoms with Crippen LogP contribution in [0.25, 0.3) is 0 Å². The number of halogens is 4. The van der Waals surface area contributed by atoms with Crippen LogP contribution in [0.3, 0.4) is 0 Å². The van der Waals surface area contributed by atoms with E-state index in [2.05, 4.69) is 0 Å². The predicted octanol–water partition coefficient (Wildman–Crippen LogP) is 3.12. The molecule has 0 amide bonds. The molecule has 0 bridgehead atoms.